The van der Waals surface area contributed by atoms with Crippen LogP contribution in [0.4, 0.5) is 0 Å². The lowest BCUT2D eigenvalue weighted by atomic mass is 10.5. The van der Waals surface area contributed by atoms with E-state index in [1.54, 1.807) is 23.1 Å². The van der Waals surface area contributed by atoms with Crippen molar-refractivity contribution in [2.24, 2.45) is 0 Å². The lowest BCUT2D eigenvalue weighted by Gasteiger charge is -1.95. The summed E-state index contributed by atoms with van der Waals surface area (Å²) < 4.78 is 1.00. The zero-order valence-corrected chi connectivity index (χ0v) is 9.27. The van der Waals surface area contributed by atoms with Crippen LogP contribution in [0.3, 0.4) is 0 Å². The van der Waals surface area contributed by atoms with Gasteiger partial charge in [-0.05, 0) is 18.4 Å². The van der Waals surface area contributed by atoms with Gasteiger partial charge < -0.3 is 0 Å². The van der Waals surface area contributed by atoms with Gasteiger partial charge in [0, 0.05) is 5.75 Å². The van der Waals surface area contributed by atoms with E-state index in [2.05, 4.69) is 17.5 Å². The molecule has 0 fully saturated rings. The Balaban J connectivity index is 2.40. The number of hydrogen-bond donors (Lipinski definition) is 0. The Morgan fingerprint density at radius 3 is 3.17 bits per heavy atom. The first-order chi connectivity index (χ1) is 5.84. The number of thiophene rings is 1. The number of thiocarbonyl (C=S) groups is 1. The Kier molecular flexibility index (Phi) is 4.58. The molecule has 1 aromatic rings. The molecule has 0 radical (unpaired) electrons. The molecule has 0 nitrogen and oxygen atoms in total. The fourth-order valence-corrected chi connectivity index (χ4v) is 2.63. The topological polar surface area (TPSA) is 0 Å². The largest absolute Gasteiger partial charge is 0.142 e. The van der Waals surface area contributed by atoms with Crippen molar-refractivity contribution in [3.63, 3.8) is 0 Å². The summed E-state index contributed by atoms with van der Waals surface area (Å²) in [7, 11) is 0. The smallest absolute Gasteiger partial charge is 0.0881 e. The molecule has 0 spiro atoms. The molecule has 0 saturated heterocycles. The number of rotatable bonds is 3. The average molecular weight is 214 g/mol. The average Bonchev–Trinajstić information content (AvgIpc) is 2.56. The van der Waals surface area contributed by atoms with Crippen LogP contribution in [0, 0.1) is 0 Å². The van der Waals surface area contributed by atoms with Crippen molar-refractivity contribution in [1.29, 1.82) is 0 Å². The first kappa shape index (κ1) is 9.96. The predicted molar refractivity (Wildman–Crippen MR) is 63.3 cm³/mol. The summed E-state index contributed by atoms with van der Waals surface area (Å²) >= 11 is 8.64. The second kappa shape index (κ2) is 5.51. The van der Waals surface area contributed by atoms with Crippen LogP contribution in [0.15, 0.2) is 29.7 Å². The molecule has 0 aliphatic heterocycles. The molecule has 0 atom stereocenters. The van der Waals surface area contributed by atoms with Gasteiger partial charge in [0.15, 0.2) is 0 Å². The number of thioether (sulfide) groups is 1. The molecule has 0 aliphatic carbocycles. The van der Waals surface area contributed by atoms with E-state index in [1.165, 1.54) is 4.88 Å². The van der Waals surface area contributed by atoms with Gasteiger partial charge in [-0.1, -0.05) is 30.4 Å². The molecule has 1 heterocycles. The first-order valence-electron chi connectivity index (χ1n) is 3.66. The molecule has 0 aliphatic rings. The fourth-order valence-electron chi connectivity index (χ4n) is 0.686. The molecule has 0 aromatic carbocycles. The minimum absolute atomic E-state index is 0.979. The monoisotopic (exact) mass is 214 g/mol. The van der Waals surface area contributed by atoms with Crippen LogP contribution in [-0.2, 0) is 0 Å². The molecule has 12 heavy (non-hydrogen) atoms. The highest BCUT2D eigenvalue weighted by atomic mass is 32.2. The predicted octanol–water partition coefficient (Wildman–Crippen LogP) is 3.73. The third-order valence-corrected chi connectivity index (χ3v) is 3.83. The third kappa shape index (κ3) is 3.09. The van der Waals surface area contributed by atoms with Crippen molar-refractivity contribution < 1.29 is 0 Å². The van der Waals surface area contributed by atoms with Gasteiger partial charge in [-0.3, -0.25) is 0 Å². The highest BCUT2D eigenvalue weighted by Gasteiger charge is 2.00. The first-order valence-corrected chi connectivity index (χ1v) is 5.93. The SMILES string of the molecule is CC=CCSC(=S)c1cccs1. The van der Waals surface area contributed by atoms with E-state index in [9.17, 15) is 0 Å². The summed E-state index contributed by atoms with van der Waals surface area (Å²) in [6.07, 6.45) is 4.16. The van der Waals surface area contributed by atoms with Crippen LogP contribution in [0.25, 0.3) is 0 Å². The summed E-state index contributed by atoms with van der Waals surface area (Å²) in [6.45, 7) is 2.02. The van der Waals surface area contributed by atoms with Gasteiger partial charge in [0.05, 0.1) is 9.07 Å². The Labute approximate surface area is 86.7 Å². The van der Waals surface area contributed by atoms with E-state index in [0.717, 1.165) is 9.95 Å². The lowest BCUT2D eigenvalue weighted by molar-refractivity contribution is 1.66. The molecule has 0 saturated carbocycles. The van der Waals surface area contributed by atoms with Crippen LogP contribution < -0.4 is 0 Å². The van der Waals surface area contributed by atoms with Crippen LogP contribution in [0.1, 0.15) is 11.8 Å². The highest BCUT2D eigenvalue weighted by molar-refractivity contribution is 8.24. The van der Waals surface area contributed by atoms with E-state index in [-0.39, 0.29) is 0 Å². The van der Waals surface area contributed by atoms with Gasteiger partial charge >= 0.3 is 0 Å². The van der Waals surface area contributed by atoms with Crippen molar-refractivity contribution in [1.82, 2.24) is 0 Å². The molecule has 1 aromatic heterocycles. The fraction of sp³-hybridized carbons (Fsp3) is 0.222. The van der Waals surface area contributed by atoms with Crippen LogP contribution in [0.5, 0.6) is 0 Å². The second-order valence-electron chi connectivity index (χ2n) is 2.14. The molecule has 0 amide bonds. The van der Waals surface area contributed by atoms with Gasteiger partial charge in [0.1, 0.15) is 0 Å². The van der Waals surface area contributed by atoms with E-state index in [1.807, 2.05) is 19.1 Å². The van der Waals surface area contributed by atoms with Crippen molar-refractivity contribution in [2.75, 3.05) is 5.75 Å². The zero-order chi connectivity index (χ0) is 8.81. The lowest BCUT2D eigenvalue weighted by Crippen LogP contribution is -1.86. The van der Waals surface area contributed by atoms with Crippen LogP contribution in [-0.4, -0.2) is 9.95 Å². The summed E-state index contributed by atoms with van der Waals surface area (Å²) in [5.41, 5.74) is 0. The molecular formula is C9H10S3. The van der Waals surface area contributed by atoms with Crippen molar-refractivity contribution in [2.45, 2.75) is 6.92 Å². The summed E-state index contributed by atoms with van der Waals surface area (Å²) in [4.78, 5) is 1.21. The maximum absolute atomic E-state index is 5.23. The Morgan fingerprint density at radius 2 is 2.58 bits per heavy atom. The van der Waals surface area contributed by atoms with Gasteiger partial charge in [0.2, 0.25) is 0 Å². The van der Waals surface area contributed by atoms with E-state index < -0.39 is 0 Å². The quantitative estimate of drug-likeness (QED) is 0.555. The number of hydrogen-bond acceptors (Lipinski definition) is 3. The highest BCUT2D eigenvalue weighted by Crippen LogP contribution is 2.18. The van der Waals surface area contributed by atoms with E-state index in [4.69, 9.17) is 12.2 Å². The van der Waals surface area contributed by atoms with Crippen molar-refractivity contribution >= 4 is 39.5 Å². The van der Waals surface area contributed by atoms with Gasteiger partial charge in [0.25, 0.3) is 0 Å². The molecule has 64 valence electrons. The van der Waals surface area contributed by atoms with Crippen LogP contribution in [0.2, 0.25) is 0 Å². The van der Waals surface area contributed by atoms with Gasteiger partial charge in [-0.15, -0.1) is 23.1 Å². The van der Waals surface area contributed by atoms with Gasteiger partial charge in [-0.2, -0.15) is 0 Å². The Hall–Kier alpha value is -0.120. The molecule has 0 N–H and O–H groups in total. The standard InChI is InChI=1S/C9H10S3/c1-2-3-6-12-9(10)8-5-4-7-11-8/h2-5,7H,6H2,1H3. The number of allylic oxidation sites excluding steroid dienone is 1. The second-order valence-corrected chi connectivity index (χ2v) is 4.79. The minimum Gasteiger partial charge on any atom is -0.142 e. The Bertz CT molecular complexity index is 259. The van der Waals surface area contributed by atoms with Crippen molar-refractivity contribution in [3.8, 4) is 0 Å². The molecule has 3 heteroatoms. The van der Waals surface area contributed by atoms with E-state index in [0.29, 0.717) is 0 Å². The molecule has 1 rings (SSSR count). The molecule has 0 bridgehead atoms. The van der Waals surface area contributed by atoms with Gasteiger partial charge in [-0.25, -0.2) is 0 Å². The van der Waals surface area contributed by atoms with E-state index >= 15 is 0 Å². The maximum atomic E-state index is 5.23. The van der Waals surface area contributed by atoms with Crippen LogP contribution >= 0.6 is 35.3 Å². The Morgan fingerprint density at radius 1 is 1.75 bits per heavy atom. The molecule has 0 unspecified atom stereocenters. The summed E-state index contributed by atoms with van der Waals surface area (Å²) in [5, 5.41) is 2.05. The summed E-state index contributed by atoms with van der Waals surface area (Å²) in [5.74, 6) is 0.979. The zero-order valence-electron chi connectivity index (χ0n) is 6.82. The normalized spacial score (nSPS) is 10.8. The maximum Gasteiger partial charge on any atom is 0.0881 e. The summed E-state index contributed by atoms with van der Waals surface area (Å²) in [6, 6.07) is 4.10. The van der Waals surface area contributed by atoms with Crippen molar-refractivity contribution in [3.05, 3.63) is 34.5 Å². The third-order valence-electron chi connectivity index (χ3n) is 1.27. The minimum atomic E-state index is 0.979. The molecular weight excluding hydrogens is 204 g/mol.